The minimum absolute atomic E-state index is 0.0525. The molecule has 1 saturated carbocycles. The van der Waals surface area contributed by atoms with Crippen LogP contribution < -0.4 is 10.1 Å². The summed E-state index contributed by atoms with van der Waals surface area (Å²) >= 11 is 6.67. The highest BCUT2D eigenvalue weighted by Crippen LogP contribution is 2.34. The van der Waals surface area contributed by atoms with Crippen molar-refractivity contribution in [2.24, 2.45) is 5.92 Å². The van der Waals surface area contributed by atoms with Crippen molar-refractivity contribution >= 4 is 23.2 Å². The maximum atomic E-state index is 13.1. The van der Waals surface area contributed by atoms with E-state index in [2.05, 4.69) is 29.0 Å². The number of oxazole rings is 1. The molecule has 0 amide bonds. The van der Waals surface area contributed by atoms with E-state index in [-0.39, 0.29) is 12.4 Å². The van der Waals surface area contributed by atoms with E-state index in [9.17, 15) is 9.90 Å². The van der Waals surface area contributed by atoms with Gasteiger partial charge in [0.1, 0.15) is 18.2 Å². The first-order valence-electron chi connectivity index (χ1n) is 14.4. The second kappa shape index (κ2) is 13.1. The molecule has 1 aliphatic heterocycles. The Hall–Kier alpha value is -2.94. The molecule has 1 aromatic carbocycles. The summed E-state index contributed by atoms with van der Waals surface area (Å²) in [6.45, 7) is 6.57. The minimum atomic E-state index is -0.588. The van der Waals surface area contributed by atoms with Gasteiger partial charge in [0.2, 0.25) is 0 Å². The summed E-state index contributed by atoms with van der Waals surface area (Å²) in [5.74, 6) is 2.57. The third-order valence-corrected chi connectivity index (χ3v) is 8.09. The Morgan fingerprint density at radius 2 is 2.15 bits per heavy atom. The number of nitrogens with one attached hydrogen (secondary N) is 1. The Kier molecular flexibility index (Phi) is 9.40. The largest absolute Gasteiger partial charge is 0.484 e. The number of aromatic nitrogens is 2. The fourth-order valence-electron chi connectivity index (χ4n) is 5.32. The van der Waals surface area contributed by atoms with Gasteiger partial charge in [0, 0.05) is 43.4 Å². The van der Waals surface area contributed by atoms with Gasteiger partial charge in [0.05, 0.1) is 17.3 Å². The number of anilines is 1. The van der Waals surface area contributed by atoms with Crippen LogP contribution in [0.5, 0.6) is 5.75 Å². The van der Waals surface area contributed by atoms with E-state index in [0.717, 1.165) is 54.9 Å². The SMILES string of the molecule is CC(C)Cc1cc(C(=O)CC[C@H](O)CN2CCc3c(ccc(OCc4cnco4)c3Cl)C2)cc(NC2CCC2)n1. The third kappa shape index (κ3) is 7.42. The number of halogens is 1. The maximum absolute atomic E-state index is 13.1. The summed E-state index contributed by atoms with van der Waals surface area (Å²) in [6, 6.07) is 8.18. The first kappa shape index (κ1) is 28.6. The average molecular weight is 567 g/mol. The van der Waals surface area contributed by atoms with Crippen LogP contribution in [0.1, 0.15) is 78.9 Å². The molecule has 9 heteroatoms. The molecule has 0 unspecified atom stereocenters. The van der Waals surface area contributed by atoms with Gasteiger partial charge in [-0.05, 0) is 73.8 Å². The van der Waals surface area contributed by atoms with E-state index < -0.39 is 6.10 Å². The van der Waals surface area contributed by atoms with E-state index in [4.69, 9.17) is 25.7 Å². The van der Waals surface area contributed by atoms with E-state index in [1.165, 1.54) is 12.8 Å². The second-order valence-electron chi connectivity index (χ2n) is 11.5. The Labute approximate surface area is 241 Å². The van der Waals surface area contributed by atoms with Crippen LogP contribution in [0.25, 0.3) is 0 Å². The molecule has 1 aliphatic carbocycles. The highest BCUT2D eigenvalue weighted by Gasteiger charge is 2.24. The average Bonchev–Trinajstić information content (AvgIpc) is 3.42. The van der Waals surface area contributed by atoms with Crippen LogP contribution in [-0.2, 0) is 26.0 Å². The number of ether oxygens (including phenoxy) is 1. The number of aliphatic hydroxyl groups is 1. The summed E-state index contributed by atoms with van der Waals surface area (Å²) < 4.78 is 11.1. The van der Waals surface area contributed by atoms with E-state index in [1.54, 1.807) is 6.20 Å². The number of pyridine rings is 1. The zero-order valence-electron chi connectivity index (χ0n) is 23.4. The Morgan fingerprint density at radius 3 is 2.88 bits per heavy atom. The first-order valence-corrected chi connectivity index (χ1v) is 14.7. The van der Waals surface area contributed by atoms with Crippen LogP contribution in [0.2, 0.25) is 5.02 Å². The van der Waals surface area contributed by atoms with Crippen LogP contribution in [0.4, 0.5) is 5.82 Å². The highest BCUT2D eigenvalue weighted by molar-refractivity contribution is 6.33. The molecule has 1 fully saturated rings. The van der Waals surface area contributed by atoms with Crippen LogP contribution in [0.15, 0.2) is 41.3 Å². The summed E-state index contributed by atoms with van der Waals surface area (Å²) in [7, 11) is 0. The van der Waals surface area contributed by atoms with Crippen molar-refractivity contribution in [2.45, 2.75) is 84.1 Å². The number of β-amino-alcohol motifs (C(OH)–C–C–N with tert-alkyl or cyclic N) is 1. The predicted molar refractivity (Wildman–Crippen MR) is 155 cm³/mol. The quantitative estimate of drug-likeness (QED) is 0.249. The molecular formula is C31H39ClN4O4. The number of hydrogen-bond acceptors (Lipinski definition) is 8. The number of carbonyl (C=O) groups excluding carboxylic acids is 1. The van der Waals surface area contributed by atoms with Gasteiger partial charge in [-0.3, -0.25) is 9.69 Å². The fourth-order valence-corrected chi connectivity index (χ4v) is 5.65. The molecule has 0 spiro atoms. The number of carbonyl (C=O) groups is 1. The summed E-state index contributed by atoms with van der Waals surface area (Å²) in [4.78, 5) is 24.0. The number of rotatable bonds is 13. The van der Waals surface area contributed by atoms with Crippen LogP contribution in [-0.4, -0.2) is 51.0 Å². The van der Waals surface area contributed by atoms with Crippen LogP contribution in [0.3, 0.4) is 0 Å². The summed E-state index contributed by atoms with van der Waals surface area (Å²) in [6.07, 6.45) is 8.27. The lowest BCUT2D eigenvalue weighted by atomic mass is 9.93. The Balaban J connectivity index is 1.13. The molecule has 2 N–H and O–H groups in total. The molecule has 8 nitrogen and oxygen atoms in total. The summed E-state index contributed by atoms with van der Waals surface area (Å²) in [5, 5.41) is 14.9. The number of aliphatic hydroxyl groups excluding tert-OH is 1. The number of nitrogens with zero attached hydrogens (tertiary/aromatic N) is 3. The lowest BCUT2D eigenvalue weighted by molar-refractivity contribution is 0.0836. The fraction of sp³-hybridized carbons (Fsp3) is 0.516. The van der Waals surface area contributed by atoms with Crippen molar-refractivity contribution in [3.05, 3.63) is 70.0 Å². The molecule has 214 valence electrons. The van der Waals surface area contributed by atoms with Gasteiger partial charge >= 0.3 is 0 Å². The zero-order valence-corrected chi connectivity index (χ0v) is 24.1. The van der Waals surface area contributed by atoms with Gasteiger partial charge < -0.3 is 19.6 Å². The van der Waals surface area contributed by atoms with Gasteiger partial charge in [-0.25, -0.2) is 9.97 Å². The van der Waals surface area contributed by atoms with Crippen molar-refractivity contribution in [3.63, 3.8) is 0 Å². The molecular weight excluding hydrogens is 528 g/mol. The second-order valence-corrected chi connectivity index (χ2v) is 11.9. The molecule has 5 rings (SSSR count). The van der Waals surface area contributed by atoms with Gasteiger partial charge in [0.15, 0.2) is 17.9 Å². The lowest BCUT2D eigenvalue weighted by Crippen LogP contribution is -2.37. The molecule has 2 aromatic heterocycles. The Bertz CT molecular complexity index is 1290. The van der Waals surface area contributed by atoms with Gasteiger partial charge in [0.25, 0.3) is 0 Å². The number of fused-ring (bicyclic) bond motifs is 1. The molecule has 40 heavy (non-hydrogen) atoms. The van der Waals surface area contributed by atoms with Crippen molar-refractivity contribution in [2.75, 3.05) is 18.4 Å². The Morgan fingerprint density at radius 1 is 1.30 bits per heavy atom. The zero-order chi connectivity index (χ0) is 28.1. The molecule has 1 atom stereocenters. The third-order valence-electron chi connectivity index (χ3n) is 7.68. The molecule has 0 radical (unpaired) electrons. The van der Waals surface area contributed by atoms with Gasteiger partial charge in [-0.2, -0.15) is 0 Å². The maximum Gasteiger partial charge on any atom is 0.181 e. The predicted octanol–water partition coefficient (Wildman–Crippen LogP) is 5.85. The standard InChI is InChI=1S/C31H39ClN4O4/c1-20(2)12-24-13-22(14-30(35-24)34-23-4-3-5-23)28(38)8-7-25(37)17-36-11-10-27-21(16-36)6-9-29(31(27)32)39-18-26-15-33-19-40-26/h6,9,13-15,19-20,23,25,37H,3-5,7-8,10-12,16-18H2,1-2H3,(H,34,35)/t25-/m0/s1. The van der Waals surface area contributed by atoms with Gasteiger partial charge in [-0.15, -0.1) is 0 Å². The van der Waals surface area contributed by atoms with E-state index in [1.807, 2.05) is 24.3 Å². The van der Waals surface area contributed by atoms with Crippen molar-refractivity contribution in [1.82, 2.24) is 14.9 Å². The summed E-state index contributed by atoms with van der Waals surface area (Å²) in [5.41, 5.74) is 3.84. The smallest absolute Gasteiger partial charge is 0.181 e. The lowest BCUT2D eigenvalue weighted by Gasteiger charge is -2.31. The van der Waals surface area contributed by atoms with E-state index >= 15 is 0 Å². The first-order chi connectivity index (χ1) is 19.3. The minimum Gasteiger partial charge on any atom is -0.484 e. The number of ketones is 1. The molecule has 3 heterocycles. The van der Waals surface area contributed by atoms with Crippen LogP contribution in [0, 0.1) is 5.92 Å². The van der Waals surface area contributed by atoms with Crippen molar-refractivity contribution in [1.29, 1.82) is 0 Å². The van der Waals surface area contributed by atoms with Crippen molar-refractivity contribution in [3.8, 4) is 5.75 Å². The monoisotopic (exact) mass is 566 g/mol. The number of Topliss-reactive ketones (excluding diaryl/α,β-unsaturated/α-hetero) is 1. The van der Waals surface area contributed by atoms with Crippen LogP contribution >= 0.6 is 11.6 Å². The van der Waals surface area contributed by atoms with E-state index in [0.29, 0.717) is 60.0 Å². The number of hydrogen-bond donors (Lipinski definition) is 2. The topological polar surface area (TPSA) is 101 Å². The highest BCUT2D eigenvalue weighted by atomic mass is 35.5. The molecule has 2 aliphatic rings. The normalized spacial score (nSPS) is 16.4. The van der Waals surface area contributed by atoms with Gasteiger partial charge in [-0.1, -0.05) is 31.5 Å². The molecule has 0 saturated heterocycles. The van der Waals surface area contributed by atoms with Crippen molar-refractivity contribution < 1.29 is 19.1 Å². The molecule has 0 bridgehead atoms. The molecule has 3 aromatic rings. The number of benzene rings is 1.